The van der Waals surface area contributed by atoms with Crippen molar-refractivity contribution in [2.75, 3.05) is 13.1 Å². The van der Waals surface area contributed by atoms with Gasteiger partial charge in [0.2, 0.25) is 0 Å². The van der Waals surface area contributed by atoms with Crippen molar-refractivity contribution >= 4 is 28.6 Å². The zero-order valence-electron chi connectivity index (χ0n) is 16.2. The van der Waals surface area contributed by atoms with Gasteiger partial charge in [0, 0.05) is 24.0 Å². The normalized spacial score (nSPS) is 15.0. The highest BCUT2D eigenvalue weighted by molar-refractivity contribution is 7.99. The minimum atomic E-state index is -2.64. The molecule has 0 atom stereocenters. The fourth-order valence-electron chi connectivity index (χ4n) is 3.87. The quantitative estimate of drug-likeness (QED) is 0.618. The van der Waals surface area contributed by atoms with Crippen LogP contribution in [0.5, 0.6) is 0 Å². The predicted octanol–water partition coefficient (Wildman–Crippen LogP) is 3.62. The molecule has 0 bridgehead atoms. The van der Waals surface area contributed by atoms with Crippen molar-refractivity contribution in [3.05, 3.63) is 74.7 Å². The van der Waals surface area contributed by atoms with E-state index in [9.17, 15) is 27.6 Å². The molecule has 10 heteroatoms. The van der Waals surface area contributed by atoms with Gasteiger partial charge in [-0.25, -0.2) is 9.18 Å². The summed E-state index contributed by atoms with van der Waals surface area (Å²) in [6.07, 6.45) is 0.666. The molecule has 2 aromatic carbocycles. The molecule has 1 amide bonds. The topological polar surface area (TPSA) is 75.2 Å². The number of aromatic nitrogens is 2. The highest BCUT2D eigenvalue weighted by Gasteiger charge is 2.28. The maximum absolute atomic E-state index is 13.6. The lowest BCUT2D eigenvalue weighted by molar-refractivity contribution is 0.0688. The Morgan fingerprint density at radius 2 is 1.81 bits per heavy atom. The molecule has 6 nitrogen and oxygen atoms in total. The van der Waals surface area contributed by atoms with Crippen LogP contribution in [0.25, 0.3) is 10.9 Å². The maximum atomic E-state index is 13.6. The van der Waals surface area contributed by atoms with Crippen LogP contribution in [0.1, 0.15) is 29.2 Å². The number of piperidine rings is 1. The van der Waals surface area contributed by atoms with Crippen molar-refractivity contribution in [1.82, 2.24) is 14.5 Å². The number of halogens is 3. The highest BCUT2D eigenvalue weighted by Crippen LogP contribution is 2.30. The van der Waals surface area contributed by atoms with E-state index in [1.165, 1.54) is 23.1 Å². The Bertz CT molecular complexity index is 1250. The number of nitrogens with one attached hydrogen (secondary N) is 1. The van der Waals surface area contributed by atoms with Crippen LogP contribution in [-0.4, -0.2) is 39.2 Å². The van der Waals surface area contributed by atoms with Gasteiger partial charge in [0.15, 0.2) is 0 Å². The van der Waals surface area contributed by atoms with Crippen molar-refractivity contribution in [3.8, 4) is 0 Å². The first-order chi connectivity index (χ1) is 14.8. The van der Waals surface area contributed by atoms with Gasteiger partial charge in [0.25, 0.3) is 17.2 Å². The second-order valence-electron chi connectivity index (χ2n) is 7.19. The molecule has 0 aliphatic carbocycles. The van der Waals surface area contributed by atoms with E-state index >= 15 is 0 Å². The van der Waals surface area contributed by atoms with Crippen LogP contribution >= 0.6 is 11.8 Å². The molecular formula is C21H18F3N3O3S. The van der Waals surface area contributed by atoms with Crippen LogP contribution in [0.4, 0.5) is 13.2 Å². The number of fused-ring (bicyclic) bond motifs is 1. The van der Waals surface area contributed by atoms with E-state index in [2.05, 4.69) is 4.98 Å². The van der Waals surface area contributed by atoms with E-state index in [4.69, 9.17) is 0 Å². The van der Waals surface area contributed by atoms with Crippen molar-refractivity contribution in [1.29, 1.82) is 0 Å². The van der Waals surface area contributed by atoms with Gasteiger partial charge in [0.1, 0.15) is 5.82 Å². The molecule has 1 aromatic heterocycles. The summed E-state index contributed by atoms with van der Waals surface area (Å²) in [4.78, 5) is 42.5. The van der Waals surface area contributed by atoms with Crippen LogP contribution in [-0.2, 0) is 0 Å². The summed E-state index contributed by atoms with van der Waals surface area (Å²) >= 11 is 0.319. The minimum Gasteiger partial charge on any atom is -0.338 e. The third-order valence-electron chi connectivity index (χ3n) is 5.34. The number of nitrogens with zero attached hydrogens (tertiary/aromatic N) is 2. The first kappa shape index (κ1) is 21.2. The van der Waals surface area contributed by atoms with Gasteiger partial charge < -0.3 is 9.88 Å². The summed E-state index contributed by atoms with van der Waals surface area (Å²) in [6, 6.07) is 9.32. The first-order valence-corrected chi connectivity index (χ1v) is 10.5. The van der Waals surface area contributed by atoms with E-state index in [1.54, 1.807) is 12.1 Å². The van der Waals surface area contributed by atoms with Crippen molar-refractivity contribution in [2.24, 2.45) is 0 Å². The Balaban J connectivity index is 1.55. The predicted molar refractivity (Wildman–Crippen MR) is 111 cm³/mol. The number of likely N-dealkylation sites (tertiary alicyclic amines) is 1. The fraction of sp³-hybridized carbons (Fsp3) is 0.286. The monoisotopic (exact) mass is 449 g/mol. The molecule has 0 unspecified atom stereocenters. The number of aromatic amines is 1. The SMILES string of the molecule is O=C(c1ccccc1SC(F)F)N1CCC(n2c(=O)[nH]c3ccc(F)cc3c2=O)CC1. The van der Waals surface area contributed by atoms with Gasteiger partial charge >= 0.3 is 5.69 Å². The van der Waals surface area contributed by atoms with Gasteiger partial charge in [0.05, 0.1) is 16.5 Å². The number of alkyl halides is 2. The summed E-state index contributed by atoms with van der Waals surface area (Å²) in [5, 5.41) is 0.0797. The molecular weight excluding hydrogens is 431 g/mol. The van der Waals surface area contributed by atoms with Crippen molar-refractivity contribution in [3.63, 3.8) is 0 Å². The zero-order chi connectivity index (χ0) is 22.1. The molecule has 1 fully saturated rings. The van der Waals surface area contributed by atoms with Gasteiger partial charge in [-0.15, -0.1) is 0 Å². The number of carbonyl (C=O) groups is 1. The standard InChI is InChI=1S/C21H18F3N3O3S/c22-12-5-6-16-15(11-12)19(29)27(21(30)25-16)13-7-9-26(10-8-13)18(28)14-3-1-2-4-17(14)31-20(23)24/h1-6,11,13,20H,7-10H2,(H,25,30). The Labute approximate surface area is 178 Å². The first-order valence-electron chi connectivity index (χ1n) is 9.62. The third-order valence-corrected chi connectivity index (χ3v) is 6.13. The molecule has 3 aromatic rings. The lowest BCUT2D eigenvalue weighted by Crippen LogP contribution is -2.45. The average Bonchev–Trinajstić information content (AvgIpc) is 2.74. The molecule has 31 heavy (non-hydrogen) atoms. The van der Waals surface area contributed by atoms with Crippen LogP contribution in [0.2, 0.25) is 0 Å². The fourth-order valence-corrected chi connectivity index (χ4v) is 4.50. The summed E-state index contributed by atoms with van der Waals surface area (Å²) in [5.41, 5.74) is -0.717. The number of H-pyrrole nitrogens is 1. The number of amides is 1. The highest BCUT2D eigenvalue weighted by atomic mass is 32.2. The summed E-state index contributed by atoms with van der Waals surface area (Å²) in [5.74, 6) is -3.59. The van der Waals surface area contributed by atoms with Crippen molar-refractivity contribution in [2.45, 2.75) is 29.5 Å². The number of rotatable bonds is 4. The molecule has 1 aliphatic rings. The lowest BCUT2D eigenvalue weighted by Gasteiger charge is -2.33. The summed E-state index contributed by atoms with van der Waals surface area (Å²) in [6.45, 7) is 0.508. The smallest absolute Gasteiger partial charge is 0.329 e. The molecule has 1 N–H and O–H groups in total. The third kappa shape index (κ3) is 4.25. The van der Waals surface area contributed by atoms with E-state index in [0.717, 1.165) is 16.7 Å². The molecule has 2 heterocycles. The Morgan fingerprint density at radius 1 is 1.10 bits per heavy atom. The minimum absolute atomic E-state index is 0.0797. The number of benzene rings is 2. The summed E-state index contributed by atoms with van der Waals surface area (Å²) < 4.78 is 40.3. The Kier molecular flexibility index (Phi) is 5.90. The molecule has 0 saturated carbocycles. The van der Waals surface area contributed by atoms with E-state index in [1.807, 2.05) is 0 Å². The Hall–Kier alpha value is -3.01. The van der Waals surface area contributed by atoms with Gasteiger partial charge in [-0.05, 0) is 43.2 Å². The molecule has 0 radical (unpaired) electrons. The van der Waals surface area contributed by atoms with Gasteiger partial charge in [-0.2, -0.15) is 8.78 Å². The average molecular weight is 449 g/mol. The van der Waals surface area contributed by atoms with Crippen molar-refractivity contribution < 1.29 is 18.0 Å². The van der Waals surface area contributed by atoms with Crippen LogP contribution in [0.3, 0.4) is 0 Å². The lowest BCUT2D eigenvalue weighted by atomic mass is 10.0. The van der Waals surface area contributed by atoms with Gasteiger partial charge in [-0.3, -0.25) is 14.2 Å². The van der Waals surface area contributed by atoms with Crippen LogP contribution in [0, 0.1) is 5.82 Å². The molecule has 162 valence electrons. The maximum Gasteiger partial charge on any atom is 0.329 e. The molecule has 0 spiro atoms. The van der Waals surface area contributed by atoms with E-state index < -0.39 is 28.9 Å². The number of thioether (sulfide) groups is 1. The molecule has 1 aliphatic heterocycles. The van der Waals surface area contributed by atoms with E-state index in [0.29, 0.717) is 24.6 Å². The summed E-state index contributed by atoms with van der Waals surface area (Å²) in [7, 11) is 0. The second kappa shape index (κ2) is 8.62. The van der Waals surface area contributed by atoms with Crippen LogP contribution in [0.15, 0.2) is 56.9 Å². The largest absolute Gasteiger partial charge is 0.338 e. The van der Waals surface area contributed by atoms with E-state index in [-0.39, 0.29) is 40.4 Å². The number of carbonyl (C=O) groups excluding carboxylic acids is 1. The molecule has 4 rings (SSSR count). The van der Waals surface area contributed by atoms with Crippen LogP contribution < -0.4 is 11.2 Å². The van der Waals surface area contributed by atoms with Gasteiger partial charge in [-0.1, -0.05) is 23.9 Å². The zero-order valence-corrected chi connectivity index (χ0v) is 17.0. The molecule has 1 saturated heterocycles. The number of hydrogen-bond donors (Lipinski definition) is 1. The number of hydrogen-bond acceptors (Lipinski definition) is 4. The second-order valence-corrected chi connectivity index (χ2v) is 8.23. The Morgan fingerprint density at radius 3 is 2.52 bits per heavy atom.